The van der Waals surface area contributed by atoms with Crippen LogP contribution in [0.2, 0.25) is 0 Å². The Hall–Kier alpha value is -1.61. The largest absolute Gasteiger partial charge is 0.356 e. The van der Waals surface area contributed by atoms with Crippen LogP contribution in [0.5, 0.6) is 0 Å². The highest BCUT2D eigenvalue weighted by atomic mass is 16.5. The third-order valence-corrected chi connectivity index (χ3v) is 2.69. The molecule has 0 atom stereocenters. The summed E-state index contributed by atoms with van der Waals surface area (Å²) in [6.07, 6.45) is 0.804. The maximum atomic E-state index is 5.59. The lowest BCUT2D eigenvalue weighted by Crippen LogP contribution is -2.03. The lowest BCUT2D eigenvalue weighted by molar-refractivity contribution is 0.426. The minimum absolute atomic E-state index is 0.612. The van der Waals surface area contributed by atoms with E-state index in [0.29, 0.717) is 6.54 Å². The van der Waals surface area contributed by atoms with Crippen molar-refractivity contribution in [2.24, 2.45) is 5.73 Å². The first-order valence-electron chi connectivity index (χ1n) is 5.44. The van der Waals surface area contributed by atoms with Crippen molar-refractivity contribution in [2.45, 2.75) is 20.3 Å². The molecule has 0 aliphatic rings. The van der Waals surface area contributed by atoms with Crippen LogP contribution in [0.4, 0.5) is 0 Å². The molecule has 2 aromatic rings. The van der Waals surface area contributed by atoms with E-state index >= 15 is 0 Å². The van der Waals surface area contributed by atoms with Crippen molar-refractivity contribution >= 4 is 0 Å². The smallest absolute Gasteiger partial charge is 0.170 e. The van der Waals surface area contributed by atoms with Gasteiger partial charge in [-0.25, -0.2) is 0 Å². The number of rotatable bonds is 3. The molecule has 1 heterocycles. The molecule has 3 heteroatoms. The van der Waals surface area contributed by atoms with Crippen molar-refractivity contribution in [3.05, 3.63) is 41.1 Å². The van der Waals surface area contributed by atoms with Gasteiger partial charge < -0.3 is 10.3 Å². The van der Waals surface area contributed by atoms with Gasteiger partial charge >= 0.3 is 0 Å². The van der Waals surface area contributed by atoms with E-state index in [-0.39, 0.29) is 0 Å². The van der Waals surface area contributed by atoms with Gasteiger partial charge in [-0.15, -0.1) is 0 Å². The van der Waals surface area contributed by atoms with Crippen LogP contribution >= 0.6 is 0 Å². The van der Waals surface area contributed by atoms with Gasteiger partial charge in [-0.05, 0) is 26.8 Å². The first kappa shape index (κ1) is 10.9. The van der Waals surface area contributed by atoms with Gasteiger partial charge in [0.1, 0.15) is 0 Å². The minimum atomic E-state index is 0.612. The quantitative estimate of drug-likeness (QED) is 0.857. The predicted octanol–water partition coefficient (Wildman–Crippen LogP) is 2.46. The van der Waals surface area contributed by atoms with Crippen LogP contribution in [-0.2, 0) is 6.42 Å². The SMILES string of the molecule is Cc1ccc(-c2onc(C)c2CCN)cc1. The minimum Gasteiger partial charge on any atom is -0.356 e. The van der Waals surface area contributed by atoms with Crippen molar-refractivity contribution in [3.8, 4) is 11.3 Å². The Morgan fingerprint density at radius 3 is 2.50 bits per heavy atom. The van der Waals surface area contributed by atoms with Crippen LogP contribution in [0.15, 0.2) is 28.8 Å². The Morgan fingerprint density at radius 2 is 1.88 bits per heavy atom. The van der Waals surface area contributed by atoms with E-state index in [1.165, 1.54) is 5.56 Å². The number of aromatic nitrogens is 1. The van der Waals surface area contributed by atoms with Crippen LogP contribution in [0.3, 0.4) is 0 Å². The van der Waals surface area contributed by atoms with E-state index in [4.69, 9.17) is 10.3 Å². The number of aryl methyl sites for hydroxylation is 2. The van der Waals surface area contributed by atoms with E-state index in [1.807, 2.05) is 6.92 Å². The van der Waals surface area contributed by atoms with E-state index in [9.17, 15) is 0 Å². The zero-order valence-corrected chi connectivity index (χ0v) is 9.66. The van der Waals surface area contributed by atoms with Crippen LogP contribution < -0.4 is 5.73 Å². The Morgan fingerprint density at radius 1 is 1.19 bits per heavy atom. The topological polar surface area (TPSA) is 52.0 Å². The molecule has 16 heavy (non-hydrogen) atoms. The van der Waals surface area contributed by atoms with E-state index < -0.39 is 0 Å². The third kappa shape index (κ3) is 1.99. The van der Waals surface area contributed by atoms with Crippen LogP contribution in [0.1, 0.15) is 16.8 Å². The van der Waals surface area contributed by atoms with Gasteiger partial charge in [0.2, 0.25) is 0 Å². The number of nitrogens with zero attached hydrogens (tertiary/aromatic N) is 1. The zero-order valence-electron chi connectivity index (χ0n) is 9.66. The standard InChI is InChI=1S/C13H16N2O/c1-9-3-5-11(6-4-9)13-12(7-8-14)10(2)15-16-13/h3-6H,7-8,14H2,1-2H3. The number of hydrogen-bond acceptors (Lipinski definition) is 3. The summed E-state index contributed by atoms with van der Waals surface area (Å²) in [7, 11) is 0. The first-order chi connectivity index (χ1) is 7.72. The molecule has 2 rings (SSSR count). The third-order valence-electron chi connectivity index (χ3n) is 2.69. The Kier molecular flexibility index (Phi) is 3.06. The number of nitrogens with two attached hydrogens (primary N) is 1. The number of benzene rings is 1. The average molecular weight is 216 g/mol. The molecule has 0 unspecified atom stereocenters. The lowest BCUT2D eigenvalue weighted by Gasteiger charge is -2.01. The van der Waals surface area contributed by atoms with Crippen LogP contribution in [0.25, 0.3) is 11.3 Å². The first-order valence-corrected chi connectivity index (χ1v) is 5.44. The molecular weight excluding hydrogens is 200 g/mol. The zero-order chi connectivity index (χ0) is 11.5. The van der Waals surface area contributed by atoms with Gasteiger partial charge in [0.05, 0.1) is 5.69 Å². The molecule has 0 amide bonds. The predicted molar refractivity (Wildman–Crippen MR) is 64.2 cm³/mol. The second-order valence-electron chi connectivity index (χ2n) is 3.98. The fraction of sp³-hybridized carbons (Fsp3) is 0.308. The summed E-state index contributed by atoms with van der Waals surface area (Å²) in [4.78, 5) is 0. The maximum Gasteiger partial charge on any atom is 0.170 e. The molecule has 0 aliphatic heterocycles. The van der Waals surface area contributed by atoms with Crippen LogP contribution in [0, 0.1) is 13.8 Å². The Labute approximate surface area is 95.3 Å². The summed E-state index contributed by atoms with van der Waals surface area (Å²) in [5.74, 6) is 0.850. The molecule has 84 valence electrons. The molecule has 0 fully saturated rings. The highest BCUT2D eigenvalue weighted by Gasteiger charge is 2.13. The molecular formula is C13H16N2O. The van der Waals surface area contributed by atoms with Crippen molar-refractivity contribution in [2.75, 3.05) is 6.54 Å². The summed E-state index contributed by atoms with van der Waals surface area (Å²) in [6, 6.07) is 8.24. The summed E-state index contributed by atoms with van der Waals surface area (Å²) in [5.41, 5.74) is 9.94. The average Bonchev–Trinajstić information content (AvgIpc) is 2.63. The number of hydrogen-bond donors (Lipinski definition) is 1. The monoisotopic (exact) mass is 216 g/mol. The summed E-state index contributed by atoms with van der Waals surface area (Å²) < 4.78 is 5.37. The van der Waals surface area contributed by atoms with Gasteiger partial charge in [0, 0.05) is 11.1 Å². The fourth-order valence-corrected chi connectivity index (χ4v) is 1.76. The molecule has 0 saturated heterocycles. The fourth-order valence-electron chi connectivity index (χ4n) is 1.76. The maximum absolute atomic E-state index is 5.59. The molecule has 0 bridgehead atoms. The lowest BCUT2D eigenvalue weighted by atomic mass is 10.0. The van der Waals surface area contributed by atoms with Gasteiger partial charge in [0.15, 0.2) is 5.76 Å². The molecule has 2 N–H and O–H groups in total. The molecule has 0 aliphatic carbocycles. The van der Waals surface area contributed by atoms with Crippen molar-refractivity contribution in [1.29, 1.82) is 0 Å². The molecule has 0 spiro atoms. The van der Waals surface area contributed by atoms with Crippen molar-refractivity contribution in [3.63, 3.8) is 0 Å². The Balaban J connectivity index is 2.43. The molecule has 1 aromatic heterocycles. The summed E-state index contributed by atoms with van der Waals surface area (Å²) >= 11 is 0. The molecule has 1 aromatic carbocycles. The highest BCUT2D eigenvalue weighted by molar-refractivity contribution is 5.62. The van der Waals surface area contributed by atoms with Crippen molar-refractivity contribution in [1.82, 2.24) is 5.16 Å². The second kappa shape index (κ2) is 4.49. The van der Waals surface area contributed by atoms with E-state index in [0.717, 1.165) is 29.0 Å². The van der Waals surface area contributed by atoms with Gasteiger partial charge in [0.25, 0.3) is 0 Å². The summed E-state index contributed by atoms with van der Waals surface area (Å²) in [6.45, 7) is 4.63. The van der Waals surface area contributed by atoms with Gasteiger partial charge in [-0.2, -0.15) is 0 Å². The van der Waals surface area contributed by atoms with Gasteiger partial charge in [-0.3, -0.25) is 0 Å². The van der Waals surface area contributed by atoms with Gasteiger partial charge in [-0.1, -0.05) is 35.0 Å². The summed E-state index contributed by atoms with van der Waals surface area (Å²) in [5, 5.41) is 4.00. The van der Waals surface area contributed by atoms with E-state index in [1.54, 1.807) is 0 Å². The molecule has 0 radical (unpaired) electrons. The van der Waals surface area contributed by atoms with E-state index in [2.05, 4.69) is 36.3 Å². The molecule has 3 nitrogen and oxygen atoms in total. The molecule has 0 saturated carbocycles. The second-order valence-corrected chi connectivity index (χ2v) is 3.98. The normalized spacial score (nSPS) is 10.7. The highest BCUT2D eigenvalue weighted by Crippen LogP contribution is 2.26. The van der Waals surface area contributed by atoms with Crippen LogP contribution in [-0.4, -0.2) is 11.7 Å². The Bertz CT molecular complexity index is 471. The van der Waals surface area contributed by atoms with Crippen molar-refractivity contribution < 1.29 is 4.52 Å².